The van der Waals surface area contributed by atoms with E-state index in [2.05, 4.69) is 10.5 Å². The molecule has 1 N–H and O–H groups in total. The average Bonchev–Trinajstić information content (AvgIpc) is 2.12. The third kappa shape index (κ3) is 0.384. The predicted octanol–water partition coefficient (Wildman–Crippen LogP) is -0.711. The molecule has 0 saturated heterocycles. The van der Waals surface area contributed by atoms with Crippen LogP contribution in [-0.4, -0.2) is 5.17 Å². The van der Waals surface area contributed by atoms with Crippen LogP contribution in [-0.2, 0) is 15.9 Å². The Morgan fingerprint density at radius 2 is 2.60 bits per heavy atom. The number of rotatable bonds is 0. The summed E-state index contributed by atoms with van der Waals surface area (Å²) in [6.07, 6.45) is 0. The van der Waals surface area contributed by atoms with Gasteiger partial charge in [-0.25, -0.2) is 0 Å². The lowest BCUT2D eigenvalue weighted by molar-refractivity contribution is 0.609. The van der Waals surface area contributed by atoms with Gasteiger partial charge >= 0.3 is 16.8 Å². The summed E-state index contributed by atoms with van der Waals surface area (Å²) in [5, 5.41) is 3.83. The standard InChI is InChI=1S/CHN2OS/c4-5-1-2-3-1/h(H,2,3)/q+1. The minimum Gasteiger partial charge on any atom is -0.199 e. The van der Waals surface area contributed by atoms with Crippen molar-refractivity contribution in [3.63, 3.8) is 0 Å². The first-order valence-corrected chi connectivity index (χ1v) is 1.81. The summed E-state index contributed by atoms with van der Waals surface area (Å²) in [6.45, 7) is 0. The maximum Gasteiger partial charge on any atom is 0.551 e. The molecule has 1 aliphatic heterocycles. The molecular formula is CHN2OS+. The summed E-state index contributed by atoms with van der Waals surface area (Å²) in [4.78, 5) is 0. The van der Waals surface area contributed by atoms with Gasteiger partial charge in [0.25, 0.3) is 0 Å². The molecule has 0 unspecified atom stereocenters. The zero-order valence-corrected chi connectivity index (χ0v) is 3.08. The molecule has 0 fully saturated rings. The Morgan fingerprint density at radius 1 is 2.00 bits per heavy atom. The Balaban J connectivity index is 2.49. The smallest absolute Gasteiger partial charge is 0.199 e. The van der Waals surface area contributed by atoms with Gasteiger partial charge in [-0.1, -0.05) is 5.10 Å². The van der Waals surface area contributed by atoms with Crippen LogP contribution >= 0.6 is 0 Å². The lowest BCUT2D eigenvalue weighted by Gasteiger charge is -1.28. The Labute approximate surface area is 32.6 Å². The second-order valence-corrected chi connectivity index (χ2v) is 1.17. The maximum absolute atomic E-state index is 9.42. The van der Waals surface area contributed by atoms with E-state index in [0.717, 1.165) is 0 Å². The van der Waals surface area contributed by atoms with E-state index < -0.39 is 0 Å². The molecular weight excluding hydrogens is 88.1 g/mol. The molecule has 1 heterocycles. The van der Waals surface area contributed by atoms with Crippen molar-refractivity contribution >= 4 is 16.8 Å². The highest BCUT2D eigenvalue weighted by atomic mass is 32.1. The Bertz CT molecular complexity index is 84.9. The predicted molar refractivity (Wildman–Crippen MR) is 18.6 cm³/mol. The van der Waals surface area contributed by atoms with Crippen LogP contribution in [0.2, 0.25) is 0 Å². The molecule has 0 amide bonds. The van der Waals surface area contributed by atoms with Crippen LogP contribution < -0.4 is 5.43 Å². The van der Waals surface area contributed by atoms with E-state index in [1.807, 2.05) is 0 Å². The molecule has 1 rings (SSSR count). The SMILES string of the molecule is O=[S+]C1=NN1. The maximum atomic E-state index is 9.42. The fourth-order valence-electron chi connectivity index (χ4n) is 0.0601. The minimum atomic E-state index is 0.380. The molecule has 0 spiro atoms. The normalized spacial score (nSPS) is 15.6. The highest BCUT2D eigenvalue weighted by Gasteiger charge is 2.24. The van der Waals surface area contributed by atoms with E-state index >= 15 is 0 Å². The van der Waals surface area contributed by atoms with E-state index in [-0.39, 0.29) is 0 Å². The molecule has 0 aromatic rings. The van der Waals surface area contributed by atoms with Gasteiger partial charge in [0.05, 0.1) is 0 Å². The molecule has 1 aliphatic rings. The van der Waals surface area contributed by atoms with Crippen LogP contribution in [0.15, 0.2) is 5.10 Å². The van der Waals surface area contributed by atoms with Crippen LogP contribution in [0.3, 0.4) is 0 Å². The summed E-state index contributed by atoms with van der Waals surface area (Å²) < 4.78 is 9.42. The second kappa shape index (κ2) is 0.718. The van der Waals surface area contributed by atoms with Gasteiger partial charge in [0.2, 0.25) is 0 Å². The Morgan fingerprint density at radius 3 is 2.60 bits per heavy atom. The van der Waals surface area contributed by atoms with Crippen molar-refractivity contribution in [1.82, 2.24) is 5.43 Å². The van der Waals surface area contributed by atoms with Gasteiger partial charge in [-0.15, -0.1) is 0 Å². The van der Waals surface area contributed by atoms with Gasteiger partial charge in [-0.3, -0.25) is 0 Å². The zero-order valence-electron chi connectivity index (χ0n) is 2.26. The zero-order chi connectivity index (χ0) is 3.70. The largest absolute Gasteiger partial charge is 0.551 e. The molecule has 3 nitrogen and oxygen atoms in total. The lowest BCUT2D eigenvalue weighted by atomic mass is 11.5. The van der Waals surface area contributed by atoms with E-state index in [9.17, 15) is 4.21 Å². The number of hydrogen-bond donors (Lipinski definition) is 1. The van der Waals surface area contributed by atoms with Crippen molar-refractivity contribution in [1.29, 1.82) is 0 Å². The third-order valence-corrected chi connectivity index (χ3v) is 0.622. The monoisotopic (exact) mass is 89.0 g/mol. The molecule has 0 aromatic heterocycles. The molecule has 0 radical (unpaired) electrons. The van der Waals surface area contributed by atoms with Crippen molar-refractivity contribution in [2.45, 2.75) is 0 Å². The molecule has 0 aromatic carbocycles. The van der Waals surface area contributed by atoms with E-state index in [0.29, 0.717) is 16.8 Å². The minimum absolute atomic E-state index is 0.380. The summed E-state index contributed by atoms with van der Waals surface area (Å²) in [7, 11) is 0. The van der Waals surface area contributed by atoms with Crippen LogP contribution in [0.4, 0.5) is 0 Å². The van der Waals surface area contributed by atoms with Gasteiger partial charge in [0, 0.05) is 4.21 Å². The van der Waals surface area contributed by atoms with E-state index in [1.165, 1.54) is 0 Å². The van der Waals surface area contributed by atoms with Gasteiger partial charge in [0.1, 0.15) is 0 Å². The molecule has 0 aliphatic carbocycles. The Kier molecular flexibility index (Phi) is 0.390. The first-order chi connectivity index (χ1) is 2.43. The Hall–Kier alpha value is -0.510. The van der Waals surface area contributed by atoms with Crippen LogP contribution in [0.1, 0.15) is 0 Å². The molecule has 5 heavy (non-hydrogen) atoms. The van der Waals surface area contributed by atoms with Crippen molar-refractivity contribution in [2.75, 3.05) is 0 Å². The first kappa shape index (κ1) is 2.71. The van der Waals surface area contributed by atoms with Gasteiger partial charge in [-0.05, 0) is 0 Å². The van der Waals surface area contributed by atoms with Crippen molar-refractivity contribution < 1.29 is 4.21 Å². The highest BCUT2D eigenvalue weighted by Crippen LogP contribution is 1.79. The average molecular weight is 89.1 g/mol. The summed E-state index contributed by atoms with van der Waals surface area (Å²) in [5.41, 5.74) is 2.38. The van der Waals surface area contributed by atoms with Crippen LogP contribution in [0.25, 0.3) is 0 Å². The molecule has 0 atom stereocenters. The second-order valence-electron chi connectivity index (χ2n) is 0.612. The van der Waals surface area contributed by atoms with E-state index in [4.69, 9.17) is 0 Å². The number of hydrazone groups is 1. The fourth-order valence-corrected chi connectivity index (χ4v) is 0.180. The summed E-state index contributed by atoms with van der Waals surface area (Å²) >= 11 is 0.380. The first-order valence-electron chi connectivity index (χ1n) is 1.07. The quantitative estimate of drug-likeness (QED) is 0.398. The number of nitrogens with one attached hydrogen (secondary N) is 1. The van der Waals surface area contributed by atoms with Crippen LogP contribution in [0.5, 0.6) is 0 Å². The van der Waals surface area contributed by atoms with Crippen LogP contribution in [0, 0.1) is 0 Å². The molecule has 4 heteroatoms. The molecule has 0 saturated carbocycles. The summed E-state index contributed by atoms with van der Waals surface area (Å²) in [5.74, 6) is 0. The van der Waals surface area contributed by atoms with Gasteiger partial charge in [0.15, 0.2) is 0 Å². The number of amidine groups is 1. The lowest BCUT2D eigenvalue weighted by Crippen LogP contribution is -1.84. The number of hydrogen-bond acceptors (Lipinski definition) is 3. The highest BCUT2D eigenvalue weighted by molar-refractivity contribution is 7.84. The molecule has 0 bridgehead atoms. The number of nitrogens with zero attached hydrogens (tertiary/aromatic N) is 1. The molecule has 26 valence electrons. The van der Waals surface area contributed by atoms with E-state index in [1.54, 1.807) is 0 Å². The van der Waals surface area contributed by atoms with Gasteiger partial charge < -0.3 is 0 Å². The topological polar surface area (TPSA) is 51.4 Å². The van der Waals surface area contributed by atoms with Crippen molar-refractivity contribution in [3.05, 3.63) is 0 Å². The third-order valence-electron chi connectivity index (χ3n) is 0.282. The van der Waals surface area contributed by atoms with Crippen molar-refractivity contribution in [3.8, 4) is 0 Å². The fraction of sp³-hybridized carbons (Fsp3) is 0. The van der Waals surface area contributed by atoms with Crippen molar-refractivity contribution in [2.24, 2.45) is 5.10 Å². The van der Waals surface area contributed by atoms with Gasteiger partial charge in [-0.2, -0.15) is 5.43 Å². The summed E-state index contributed by atoms with van der Waals surface area (Å²) in [6, 6.07) is 0.